The van der Waals surface area contributed by atoms with Gasteiger partial charge in [0.05, 0.1) is 15.4 Å². The summed E-state index contributed by atoms with van der Waals surface area (Å²) in [4.78, 5) is 12.2. The fourth-order valence-corrected chi connectivity index (χ4v) is 7.72. The molecule has 1 aromatic heterocycles. The number of furan rings is 1. The molecular formula is C18H22N2O7S2. The number of sulfone groups is 1. The van der Waals surface area contributed by atoms with Crippen molar-refractivity contribution in [3.63, 3.8) is 0 Å². The number of amides is 1. The molecule has 9 nitrogen and oxygen atoms in total. The summed E-state index contributed by atoms with van der Waals surface area (Å²) in [5.41, 5.74) is 2.95. The Hall–Kier alpha value is -1.95. The van der Waals surface area contributed by atoms with E-state index in [1.807, 2.05) is 0 Å². The number of nitrogens with zero attached hydrogens (tertiary/aromatic N) is 1. The van der Waals surface area contributed by atoms with Crippen LogP contribution in [0.15, 0.2) is 27.5 Å². The maximum Gasteiger partial charge on any atom is 0.263 e. The number of benzene rings is 1. The van der Waals surface area contributed by atoms with Gasteiger partial charge in [-0.15, -0.1) is 0 Å². The zero-order chi connectivity index (χ0) is 21.2. The van der Waals surface area contributed by atoms with Crippen LogP contribution in [0.25, 0.3) is 11.0 Å². The van der Waals surface area contributed by atoms with Crippen molar-refractivity contribution in [1.82, 2.24) is 9.79 Å². The molecule has 4 rings (SSSR count). The molecule has 0 radical (unpaired) electrons. The fourth-order valence-electron chi connectivity index (χ4n) is 4.26. The van der Waals surface area contributed by atoms with Crippen molar-refractivity contribution in [2.45, 2.75) is 48.8 Å². The zero-order valence-corrected chi connectivity index (χ0v) is 17.6. The van der Waals surface area contributed by atoms with E-state index in [1.54, 1.807) is 6.07 Å². The number of rotatable bonds is 3. The van der Waals surface area contributed by atoms with Crippen LogP contribution in [-0.2, 0) is 37.5 Å². The molecule has 1 aliphatic carbocycles. The molecule has 1 aliphatic heterocycles. The molecule has 1 saturated heterocycles. The summed E-state index contributed by atoms with van der Waals surface area (Å²) < 4.78 is 56.7. The third-order valence-corrected chi connectivity index (χ3v) is 10.4. The minimum absolute atomic E-state index is 0.0942. The lowest BCUT2D eigenvalue weighted by atomic mass is 10.0. The molecule has 2 aliphatic rings. The predicted octanol–water partition coefficient (Wildman–Crippen LogP) is 0.993. The Labute approximate surface area is 168 Å². The number of sulfonamides is 1. The van der Waals surface area contributed by atoms with Crippen molar-refractivity contribution in [2.75, 3.05) is 12.3 Å². The van der Waals surface area contributed by atoms with Gasteiger partial charge in [-0.25, -0.2) is 22.3 Å². The van der Waals surface area contributed by atoms with Crippen LogP contribution in [0.2, 0.25) is 0 Å². The van der Waals surface area contributed by atoms with E-state index in [9.17, 15) is 21.6 Å². The van der Waals surface area contributed by atoms with Gasteiger partial charge in [0.25, 0.3) is 5.91 Å². The van der Waals surface area contributed by atoms with Crippen LogP contribution < -0.4 is 5.48 Å². The summed E-state index contributed by atoms with van der Waals surface area (Å²) in [6.45, 7) is 2.17. The van der Waals surface area contributed by atoms with Gasteiger partial charge in [0.15, 0.2) is 9.84 Å². The van der Waals surface area contributed by atoms with E-state index in [0.717, 1.165) is 40.3 Å². The Morgan fingerprint density at radius 3 is 2.72 bits per heavy atom. The average Bonchev–Trinajstić information content (AvgIpc) is 3.23. The van der Waals surface area contributed by atoms with Crippen molar-refractivity contribution >= 4 is 36.7 Å². The molecule has 1 amide bonds. The molecule has 1 atom stereocenters. The van der Waals surface area contributed by atoms with Crippen LogP contribution in [0.5, 0.6) is 0 Å². The first-order chi connectivity index (χ1) is 13.5. The Balaban J connectivity index is 1.81. The Morgan fingerprint density at radius 1 is 1.31 bits per heavy atom. The zero-order valence-electron chi connectivity index (χ0n) is 16.0. The fraction of sp³-hybridized carbons (Fsp3) is 0.500. The molecule has 158 valence electrons. The molecule has 0 spiro atoms. The van der Waals surface area contributed by atoms with Crippen molar-refractivity contribution in [3.05, 3.63) is 29.5 Å². The van der Waals surface area contributed by atoms with Crippen LogP contribution >= 0.6 is 0 Å². The monoisotopic (exact) mass is 442 g/mol. The largest absolute Gasteiger partial charge is 0.461 e. The van der Waals surface area contributed by atoms with Crippen LogP contribution in [0.3, 0.4) is 0 Å². The van der Waals surface area contributed by atoms with Crippen molar-refractivity contribution < 1.29 is 31.3 Å². The number of aryl methyl sites for hydroxylation is 2. The molecule has 0 bridgehead atoms. The van der Waals surface area contributed by atoms with Crippen molar-refractivity contribution in [3.8, 4) is 0 Å². The average molecular weight is 443 g/mol. The molecule has 2 heterocycles. The number of nitrogens with one attached hydrogen (secondary N) is 1. The lowest BCUT2D eigenvalue weighted by Gasteiger charge is -2.43. The van der Waals surface area contributed by atoms with E-state index in [4.69, 9.17) is 9.62 Å². The SMILES string of the molecule is CC1(C)C(C(=O)NO)N(S(=O)(=O)c2ccc3c4c(oc3c2)CCC4)CCS1(=O)=O. The summed E-state index contributed by atoms with van der Waals surface area (Å²) in [6.07, 6.45) is 2.69. The number of hydrogen-bond donors (Lipinski definition) is 2. The number of carbonyl (C=O) groups is 1. The van der Waals surface area contributed by atoms with Crippen LogP contribution in [0.1, 0.15) is 31.6 Å². The van der Waals surface area contributed by atoms with E-state index in [1.165, 1.54) is 31.5 Å². The molecule has 1 fully saturated rings. The highest BCUT2D eigenvalue weighted by Crippen LogP contribution is 2.37. The van der Waals surface area contributed by atoms with E-state index in [-0.39, 0.29) is 4.90 Å². The summed E-state index contributed by atoms with van der Waals surface area (Å²) in [7, 11) is -8.00. The maximum absolute atomic E-state index is 13.4. The second kappa shape index (κ2) is 6.53. The van der Waals surface area contributed by atoms with Gasteiger partial charge >= 0.3 is 0 Å². The molecule has 2 N–H and O–H groups in total. The Bertz CT molecular complexity index is 1210. The van der Waals surface area contributed by atoms with Gasteiger partial charge in [0.2, 0.25) is 10.0 Å². The Kier molecular flexibility index (Phi) is 4.57. The van der Waals surface area contributed by atoms with Gasteiger partial charge in [-0.1, -0.05) is 0 Å². The van der Waals surface area contributed by atoms with Gasteiger partial charge in [-0.2, -0.15) is 4.31 Å². The molecule has 29 heavy (non-hydrogen) atoms. The minimum atomic E-state index is -4.23. The van der Waals surface area contributed by atoms with Crippen LogP contribution in [0.4, 0.5) is 0 Å². The van der Waals surface area contributed by atoms with Gasteiger partial charge < -0.3 is 4.42 Å². The van der Waals surface area contributed by atoms with Gasteiger partial charge in [0.1, 0.15) is 17.4 Å². The highest BCUT2D eigenvalue weighted by molar-refractivity contribution is 7.93. The lowest BCUT2D eigenvalue weighted by molar-refractivity contribution is -0.134. The predicted molar refractivity (Wildman–Crippen MR) is 104 cm³/mol. The third-order valence-electron chi connectivity index (χ3n) is 5.97. The first kappa shape index (κ1) is 20.3. The molecule has 11 heteroatoms. The van der Waals surface area contributed by atoms with Crippen LogP contribution in [0, 0.1) is 0 Å². The number of carbonyl (C=O) groups excluding carboxylic acids is 1. The summed E-state index contributed by atoms with van der Waals surface area (Å²) in [6, 6.07) is 2.92. The van der Waals surface area contributed by atoms with E-state index < -0.39 is 48.9 Å². The summed E-state index contributed by atoms with van der Waals surface area (Å²) in [5, 5.41) is 9.98. The second-order valence-corrected chi connectivity index (χ2v) is 12.5. The van der Waals surface area contributed by atoms with E-state index in [2.05, 4.69) is 0 Å². The number of hydroxylamine groups is 1. The number of fused-ring (bicyclic) bond motifs is 3. The molecule has 1 unspecified atom stereocenters. The van der Waals surface area contributed by atoms with Gasteiger partial charge in [-0.05, 0) is 38.8 Å². The molecule has 0 saturated carbocycles. The molecule has 1 aromatic carbocycles. The first-order valence-electron chi connectivity index (χ1n) is 9.23. The van der Waals surface area contributed by atoms with Gasteiger partial charge in [-0.3, -0.25) is 10.0 Å². The first-order valence-corrected chi connectivity index (χ1v) is 12.3. The van der Waals surface area contributed by atoms with Gasteiger partial charge in [0, 0.05) is 30.0 Å². The lowest BCUT2D eigenvalue weighted by Crippen LogP contribution is -2.66. The number of hydrogen-bond acceptors (Lipinski definition) is 7. The highest BCUT2D eigenvalue weighted by Gasteiger charge is 2.55. The standard InChI is InChI=1S/C18H22N2O7S2/c1-18(2)16(17(21)19-22)20(8-9-28(18,23)24)29(25,26)11-6-7-13-12-4-3-5-14(12)27-15(13)10-11/h6-7,10,16,22H,3-5,8-9H2,1-2H3,(H,19,21). The van der Waals surface area contributed by atoms with Crippen molar-refractivity contribution in [2.24, 2.45) is 0 Å². The van der Waals surface area contributed by atoms with Crippen molar-refractivity contribution in [1.29, 1.82) is 0 Å². The van der Waals surface area contributed by atoms with E-state index in [0.29, 0.717) is 5.58 Å². The Morgan fingerprint density at radius 2 is 2.03 bits per heavy atom. The second-order valence-electron chi connectivity index (χ2n) is 7.93. The third kappa shape index (κ3) is 2.90. The molecular weight excluding hydrogens is 420 g/mol. The van der Waals surface area contributed by atoms with Crippen LogP contribution in [-0.4, -0.2) is 55.3 Å². The van der Waals surface area contributed by atoms with E-state index >= 15 is 0 Å². The maximum atomic E-state index is 13.4. The highest BCUT2D eigenvalue weighted by atomic mass is 32.2. The smallest absolute Gasteiger partial charge is 0.263 e. The molecule has 2 aromatic rings. The minimum Gasteiger partial charge on any atom is -0.461 e. The topological polar surface area (TPSA) is 134 Å². The summed E-state index contributed by atoms with van der Waals surface area (Å²) >= 11 is 0. The summed E-state index contributed by atoms with van der Waals surface area (Å²) in [5.74, 6) is -0.664. The quantitative estimate of drug-likeness (QED) is 0.535. The normalized spacial score (nSPS) is 23.8.